The monoisotopic (exact) mass is 532 g/mol. The van der Waals surface area contributed by atoms with Crippen molar-refractivity contribution < 1.29 is 9.90 Å². The van der Waals surface area contributed by atoms with Gasteiger partial charge >= 0.3 is 5.97 Å². The number of fused-ring (bicyclic) bond motifs is 5. The van der Waals surface area contributed by atoms with Crippen LogP contribution in [0.2, 0.25) is 0 Å². The first kappa shape index (κ1) is 26.0. The van der Waals surface area contributed by atoms with Crippen molar-refractivity contribution in [3.63, 3.8) is 0 Å². The summed E-state index contributed by atoms with van der Waals surface area (Å²) >= 11 is 0. The van der Waals surface area contributed by atoms with Gasteiger partial charge in [-0.25, -0.2) is 4.98 Å². The van der Waals surface area contributed by atoms with Gasteiger partial charge in [-0.2, -0.15) is 0 Å². The molecular formula is C33H48N4O2. The molecule has 39 heavy (non-hydrogen) atoms. The molecule has 2 aromatic rings. The van der Waals surface area contributed by atoms with Gasteiger partial charge in [0, 0.05) is 30.6 Å². The number of piperidine rings is 3. The molecule has 4 heterocycles. The second-order valence-electron chi connectivity index (χ2n) is 13.9. The number of carboxylic acid groups (broad SMARTS) is 1. The maximum Gasteiger partial charge on any atom is 0.317 e. The Balaban J connectivity index is 1.11. The zero-order valence-electron chi connectivity index (χ0n) is 23.7. The molecule has 3 aliphatic heterocycles. The fourth-order valence-corrected chi connectivity index (χ4v) is 9.75. The minimum atomic E-state index is -0.709. The fraction of sp³-hybridized carbons (Fsp3) is 0.758. The van der Waals surface area contributed by atoms with Crippen LogP contribution >= 0.6 is 0 Å². The van der Waals surface area contributed by atoms with E-state index in [1.807, 2.05) is 0 Å². The number of imidazole rings is 1. The smallest absolute Gasteiger partial charge is 0.317 e. The topological polar surface area (TPSA) is 61.6 Å². The highest BCUT2D eigenvalue weighted by Gasteiger charge is 2.45. The van der Waals surface area contributed by atoms with Crippen LogP contribution in [-0.2, 0) is 11.2 Å². The third-order valence-electron chi connectivity index (χ3n) is 11.4. The Morgan fingerprint density at radius 1 is 0.795 bits per heavy atom. The van der Waals surface area contributed by atoms with Gasteiger partial charge in [0.25, 0.3) is 0 Å². The van der Waals surface area contributed by atoms with Crippen LogP contribution in [0.5, 0.6) is 0 Å². The lowest BCUT2D eigenvalue weighted by Gasteiger charge is -2.54. The number of hydrogen-bond donors (Lipinski definition) is 1. The van der Waals surface area contributed by atoms with Gasteiger partial charge in [-0.15, -0.1) is 0 Å². The number of aromatic nitrogens is 2. The molecule has 2 aliphatic carbocycles. The molecule has 4 bridgehead atoms. The molecule has 6 nitrogen and oxygen atoms in total. The van der Waals surface area contributed by atoms with E-state index in [1.165, 1.54) is 88.4 Å². The van der Waals surface area contributed by atoms with Crippen molar-refractivity contribution in [2.24, 2.45) is 17.8 Å². The largest absolute Gasteiger partial charge is 0.480 e. The highest BCUT2D eigenvalue weighted by molar-refractivity contribution is 5.76. The molecule has 2 saturated carbocycles. The van der Waals surface area contributed by atoms with Gasteiger partial charge in [-0.1, -0.05) is 44.2 Å². The summed E-state index contributed by atoms with van der Waals surface area (Å²) in [4.78, 5) is 21.6. The van der Waals surface area contributed by atoms with Crippen LogP contribution in [0.1, 0.15) is 102 Å². The number of aliphatic carboxylic acids is 1. The Morgan fingerprint density at radius 3 is 2.18 bits per heavy atom. The zero-order valence-corrected chi connectivity index (χ0v) is 23.7. The number of para-hydroxylation sites is 2. The van der Waals surface area contributed by atoms with E-state index in [2.05, 4.69) is 38.6 Å². The molecule has 5 aliphatic rings. The predicted molar refractivity (Wildman–Crippen MR) is 155 cm³/mol. The van der Waals surface area contributed by atoms with Crippen molar-refractivity contribution in [2.75, 3.05) is 19.6 Å². The molecule has 2 unspecified atom stereocenters. The summed E-state index contributed by atoms with van der Waals surface area (Å²) in [5.41, 5.74) is 2.48. The number of likely N-dealkylation sites (tertiary alicyclic amines) is 1. The van der Waals surface area contributed by atoms with Crippen LogP contribution in [0, 0.1) is 17.8 Å². The number of rotatable bonds is 6. The van der Waals surface area contributed by atoms with Crippen LogP contribution in [-0.4, -0.2) is 68.2 Å². The van der Waals surface area contributed by atoms with Crippen molar-refractivity contribution in [1.29, 1.82) is 0 Å². The highest BCUT2D eigenvalue weighted by Crippen LogP contribution is 2.47. The summed E-state index contributed by atoms with van der Waals surface area (Å²) in [6.45, 7) is 1.96. The quantitative estimate of drug-likeness (QED) is 0.474. The average Bonchev–Trinajstić information content (AvgIpc) is 3.19. The van der Waals surface area contributed by atoms with Crippen LogP contribution in [0.3, 0.4) is 0 Å². The molecule has 0 radical (unpaired) electrons. The van der Waals surface area contributed by atoms with Gasteiger partial charge in [-0.05, 0) is 101 Å². The van der Waals surface area contributed by atoms with Crippen molar-refractivity contribution >= 4 is 17.0 Å². The van der Waals surface area contributed by atoms with Crippen molar-refractivity contribution in [2.45, 2.75) is 120 Å². The first-order valence-corrected chi connectivity index (χ1v) is 16.3. The molecule has 6 atom stereocenters. The average molecular weight is 533 g/mol. The van der Waals surface area contributed by atoms with E-state index >= 15 is 0 Å². The van der Waals surface area contributed by atoms with E-state index in [1.54, 1.807) is 0 Å². The third kappa shape index (κ3) is 5.40. The van der Waals surface area contributed by atoms with Crippen molar-refractivity contribution in [3.8, 4) is 0 Å². The Labute approximate surface area is 234 Å². The van der Waals surface area contributed by atoms with Crippen molar-refractivity contribution in [1.82, 2.24) is 19.4 Å². The molecule has 1 aromatic heterocycles. The van der Waals surface area contributed by atoms with E-state index in [0.717, 1.165) is 67.8 Å². The van der Waals surface area contributed by atoms with Gasteiger partial charge in [-0.3, -0.25) is 14.6 Å². The lowest BCUT2D eigenvalue weighted by atomic mass is 9.73. The Kier molecular flexibility index (Phi) is 7.44. The molecular weight excluding hydrogens is 484 g/mol. The molecule has 3 saturated heterocycles. The van der Waals surface area contributed by atoms with E-state index in [0.29, 0.717) is 12.0 Å². The number of benzene rings is 1. The molecule has 1 N–H and O–H groups in total. The van der Waals surface area contributed by atoms with Crippen LogP contribution in [0.25, 0.3) is 11.0 Å². The molecule has 212 valence electrons. The molecule has 6 heteroatoms. The number of hydrogen-bond acceptors (Lipinski definition) is 4. The summed E-state index contributed by atoms with van der Waals surface area (Å²) in [5.74, 6) is 3.14. The summed E-state index contributed by atoms with van der Waals surface area (Å²) in [6.07, 6.45) is 20.3. The summed E-state index contributed by atoms with van der Waals surface area (Å²) < 4.78 is 2.68. The van der Waals surface area contributed by atoms with Crippen LogP contribution < -0.4 is 0 Å². The summed E-state index contributed by atoms with van der Waals surface area (Å²) in [5, 5.41) is 9.19. The van der Waals surface area contributed by atoms with Gasteiger partial charge in [0.2, 0.25) is 0 Å². The van der Waals surface area contributed by atoms with E-state index < -0.39 is 5.97 Å². The second kappa shape index (κ2) is 11.2. The minimum Gasteiger partial charge on any atom is -0.480 e. The minimum absolute atomic E-state index is 0.176. The summed E-state index contributed by atoms with van der Waals surface area (Å²) in [7, 11) is 0. The second-order valence-corrected chi connectivity index (χ2v) is 13.9. The summed E-state index contributed by atoms with van der Waals surface area (Å²) in [6, 6.07) is 11.7. The molecule has 5 fully saturated rings. The lowest BCUT2D eigenvalue weighted by molar-refractivity contribution is -0.138. The van der Waals surface area contributed by atoms with E-state index in [-0.39, 0.29) is 6.54 Å². The van der Waals surface area contributed by atoms with Gasteiger partial charge in [0.05, 0.1) is 17.6 Å². The Morgan fingerprint density at radius 2 is 1.49 bits per heavy atom. The van der Waals surface area contributed by atoms with Crippen LogP contribution in [0.4, 0.5) is 0 Å². The first-order chi connectivity index (χ1) is 19.1. The van der Waals surface area contributed by atoms with Crippen LogP contribution in [0.15, 0.2) is 24.3 Å². The van der Waals surface area contributed by atoms with E-state index in [4.69, 9.17) is 4.98 Å². The van der Waals surface area contributed by atoms with Gasteiger partial charge in [0.15, 0.2) is 0 Å². The standard InChI is InChI=1S/C33H48N4O2/c38-33(39)22-35-14-12-23(13-15-35)19-32-34-30-10-3-4-11-31(30)37(32)29-20-26-8-5-9-27(21-29)36(26)28-17-24-6-1-2-7-25(16-24)18-28/h3-4,10-11,23-29H,1-2,5-9,12-22H2,(H,38,39)/t24-,25+,26-,27+,28?,29?. The van der Waals surface area contributed by atoms with E-state index in [9.17, 15) is 9.90 Å². The molecule has 1 aromatic carbocycles. The Hall–Kier alpha value is -1.92. The normalized spacial score (nSPS) is 34.7. The first-order valence-electron chi connectivity index (χ1n) is 16.3. The zero-order chi connectivity index (χ0) is 26.3. The van der Waals surface area contributed by atoms with Crippen molar-refractivity contribution in [3.05, 3.63) is 30.1 Å². The highest BCUT2D eigenvalue weighted by atomic mass is 16.4. The van der Waals surface area contributed by atoms with Gasteiger partial charge in [0.1, 0.15) is 5.82 Å². The maximum absolute atomic E-state index is 11.2. The van der Waals surface area contributed by atoms with Gasteiger partial charge < -0.3 is 9.67 Å². The lowest BCUT2D eigenvalue weighted by Crippen LogP contribution is -2.58. The predicted octanol–water partition coefficient (Wildman–Crippen LogP) is 6.29. The molecule has 7 rings (SSSR count). The molecule has 0 amide bonds. The molecule has 0 spiro atoms. The third-order valence-corrected chi connectivity index (χ3v) is 11.4. The number of nitrogens with zero attached hydrogens (tertiary/aromatic N) is 4. The Bertz CT molecular complexity index is 1130. The number of carbonyl (C=O) groups is 1. The maximum atomic E-state index is 11.2. The fourth-order valence-electron chi connectivity index (χ4n) is 9.75. The SMILES string of the molecule is O=C(O)CN1CCC(Cc2nc3ccccc3n2C2C[C@H]3CCC[C@@H](C2)N3C2C[C@H]3CCCC[C@@H](C2)C3)CC1. The number of carboxylic acids is 1.